The standard InChI is InChI=1S/C19H27N3O2/c1-12-7-13(2)9-15(8-12)21-19(24)22-17-5-4-6-18(22)11-16(10-17)20-14(3)23/h7-9,16-18H,4-6,10-11H2,1-3H3,(H,20,23)(H,21,24)/t16?,17-,18+. The molecule has 2 N–H and O–H groups in total. The number of carbonyl (C=O) groups is 2. The van der Waals surface area contributed by atoms with Crippen molar-refractivity contribution >= 4 is 17.6 Å². The van der Waals surface area contributed by atoms with E-state index in [0.29, 0.717) is 0 Å². The molecule has 0 aliphatic carbocycles. The first kappa shape index (κ1) is 16.8. The van der Waals surface area contributed by atoms with Crippen molar-refractivity contribution in [2.75, 3.05) is 5.32 Å². The van der Waals surface area contributed by atoms with Crippen LogP contribution in [-0.2, 0) is 4.79 Å². The maximum Gasteiger partial charge on any atom is 0.322 e. The van der Waals surface area contributed by atoms with E-state index in [1.54, 1.807) is 6.92 Å². The summed E-state index contributed by atoms with van der Waals surface area (Å²) < 4.78 is 0. The summed E-state index contributed by atoms with van der Waals surface area (Å²) in [4.78, 5) is 26.2. The highest BCUT2D eigenvalue weighted by atomic mass is 16.2. The van der Waals surface area contributed by atoms with Crippen LogP contribution in [0.15, 0.2) is 18.2 Å². The number of anilines is 1. The van der Waals surface area contributed by atoms with Gasteiger partial charge in [0.15, 0.2) is 0 Å². The fourth-order valence-electron chi connectivity index (χ4n) is 4.35. The third kappa shape index (κ3) is 3.71. The molecule has 1 aromatic rings. The van der Waals surface area contributed by atoms with E-state index in [-0.39, 0.29) is 30.1 Å². The Labute approximate surface area is 143 Å². The van der Waals surface area contributed by atoms with Gasteiger partial charge in [-0.3, -0.25) is 4.79 Å². The van der Waals surface area contributed by atoms with Crippen LogP contribution in [0.5, 0.6) is 0 Å². The number of carbonyl (C=O) groups excluding carboxylic acids is 2. The summed E-state index contributed by atoms with van der Waals surface area (Å²) in [5.41, 5.74) is 3.16. The van der Waals surface area contributed by atoms with E-state index in [0.717, 1.165) is 48.9 Å². The number of hydrogen-bond acceptors (Lipinski definition) is 2. The Morgan fingerprint density at radius 1 is 1.04 bits per heavy atom. The van der Waals surface area contributed by atoms with Crippen molar-refractivity contribution in [3.8, 4) is 0 Å². The number of nitrogens with one attached hydrogen (secondary N) is 2. The van der Waals surface area contributed by atoms with Crippen LogP contribution >= 0.6 is 0 Å². The molecule has 0 spiro atoms. The molecule has 3 amide bonds. The first-order valence-corrected chi connectivity index (χ1v) is 8.87. The molecule has 2 heterocycles. The molecule has 3 rings (SSSR count). The van der Waals surface area contributed by atoms with Gasteiger partial charge in [-0.15, -0.1) is 0 Å². The third-order valence-electron chi connectivity index (χ3n) is 5.09. The minimum absolute atomic E-state index is 0.00373. The molecule has 5 heteroatoms. The van der Waals surface area contributed by atoms with Crippen LogP contribution in [0.1, 0.15) is 50.2 Å². The van der Waals surface area contributed by atoms with E-state index in [1.165, 1.54) is 0 Å². The van der Waals surface area contributed by atoms with Gasteiger partial charge in [0.2, 0.25) is 5.91 Å². The van der Waals surface area contributed by atoms with E-state index in [4.69, 9.17) is 0 Å². The molecule has 3 atom stereocenters. The molecular weight excluding hydrogens is 302 g/mol. The van der Waals surface area contributed by atoms with E-state index in [1.807, 2.05) is 30.9 Å². The molecule has 130 valence electrons. The molecule has 2 aliphatic rings. The number of rotatable bonds is 2. The average molecular weight is 329 g/mol. The monoisotopic (exact) mass is 329 g/mol. The van der Waals surface area contributed by atoms with Gasteiger partial charge in [0.25, 0.3) is 0 Å². The first-order chi connectivity index (χ1) is 11.4. The van der Waals surface area contributed by atoms with Gasteiger partial charge in [0.1, 0.15) is 0 Å². The second kappa shape index (κ2) is 6.83. The van der Waals surface area contributed by atoms with Crippen molar-refractivity contribution in [1.82, 2.24) is 10.2 Å². The minimum atomic E-state index is -0.00373. The molecule has 1 aromatic carbocycles. The van der Waals surface area contributed by atoms with E-state index < -0.39 is 0 Å². The summed E-state index contributed by atoms with van der Waals surface area (Å²) in [5.74, 6) is 0.0196. The summed E-state index contributed by atoms with van der Waals surface area (Å²) in [6.45, 7) is 5.64. The number of aryl methyl sites for hydroxylation is 2. The Kier molecular flexibility index (Phi) is 4.78. The SMILES string of the molecule is CC(=O)NC1C[C@H]2CCC[C@@H](C1)N2C(=O)Nc1cc(C)cc(C)c1. The molecule has 2 aliphatic heterocycles. The molecule has 2 fully saturated rings. The normalized spacial score (nSPS) is 26.0. The van der Waals surface area contributed by atoms with Crippen LogP contribution in [-0.4, -0.2) is 35.0 Å². The Balaban J connectivity index is 1.71. The van der Waals surface area contributed by atoms with E-state index in [9.17, 15) is 9.59 Å². The lowest BCUT2D eigenvalue weighted by Crippen LogP contribution is -2.59. The van der Waals surface area contributed by atoms with Crippen molar-refractivity contribution in [3.05, 3.63) is 29.3 Å². The van der Waals surface area contributed by atoms with Gasteiger partial charge in [-0.2, -0.15) is 0 Å². The zero-order chi connectivity index (χ0) is 17.3. The fraction of sp³-hybridized carbons (Fsp3) is 0.579. The Hall–Kier alpha value is -2.04. The van der Waals surface area contributed by atoms with Crippen LogP contribution in [0, 0.1) is 13.8 Å². The predicted octanol–water partition coefficient (Wildman–Crippen LogP) is 3.36. The smallest absolute Gasteiger partial charge is 0.322 e. The maximum atomic E-state index is 12.9. The first-order valence-electron chi connectivity index (χ1n) is 8.87. The van der Waals surface area contributed by atoms with Gasteiger partial charge in [-0.1, -0.05) is 6.07 Å². The molecule has 24 heavy (non-hydrogen) atoms. The number of piperidine rings is 2. The second-order valence-electron chi connectivity index (χ2n) is 7.32. The zero-order valence-corrected chi connectivity index (χ0v) is 14.8. The highest BCUT2D eigenvalue weighted by Gasteiger charge is 2.41. The zero-order valence-electron chi connectivity index (χ0n) is 14.8. The summed E-state index contributed by atoms with van der Waals surface area (Å²) in [5, 5.41) is 6.11. The third-order valence-corrected chi connectivity index (χ3v) is 5.09. The fourth-order valence-corrected chi connectivity index (χ4v) is 4.35. The average Bonchev–Trinajstić information content (AvgIpc) is 2.44. The van der Waals surface area contributed by atoms with Crippen LogP contribution in [0.4, 0.5) is 10.5 Å². The Bertz CT molecular complexity index is 609. The maximum absolute atomic E-state index is 12.9. The van der Waals surface area contributed by atoms with Crippen LogP contribution in [0.3, 0.4) is 0 Å². The summed E-state index contributed by atoms with van der Waals surface area (Å²) in [6.07, 6.45) is 4.92. The number of amides is 3. The summed E-state index contributed by atoms with van der Waals surface area (Å²) in [7, 11) is 0. The highest BCUT2D eigenvalue weighted by molar-refractivity contribution is 5.90. The quantitative estimate of drug-likeness (QED) is 0.874. The molecule has 2 saturated heterocycles. The van der Waals surface area contributed by atoms with Gasteiger partial charge >= 0.3 is 6.03 Å². The topological polar surface area (TPSA) is 61.4 Å². The molecule has 0 saturated carbocycles. The van der Waals surface area contributed by atoms with Gasteiger partial charge in [-0.25, -0.2) is 4.79 Å². The second-order valence-corrected chi connectivity index (χ2v) is 7.32. The van der Waals surface area contributed by atoms with Gasteiger partial charge in [0.05, 0.1) is 0 Å². The minimum Gasteiger partial charge on any atom is -0.353 e. The van der Waals surface area contributed by atoms with Crippen molar-refractivity contribution in [2.45, 2.75) is 71.0 Å². The highest BCUT2D eigenvalue weighted by Crippen LogP contribution is 2.34. The van der Waals surface area contributed by atoms with Crippen LogP contribution < -0.4 is 10.6 Å². The van der Waals surface area contributed by atoms with E-state index >= 15 is 0 Å². The number of nitrogens with zero attached hydrogens (tertiary/aromatic N) is 1. The van der Waals surface area contributed by atoms with Gasteiger partial charge in [0, 0.05) is 30.7 Å². The largest absolute Gasteiger partial charge is 0.353 e. The predicted molar refractivity (Wildman–Crippen MR) is 95.0 cm³/mol. The van der Waals surface area contributed by atoms with Crippen molar-refractivity contribution in [2.24, 2.45) is 0 Å². The lowest BCUT2D eigenvalue weighted by atomic mass is 9.82. The van der Waals surface area contributed by atoms with Crippen molar-refractivity contribution in [1.29, 1.82) is 0 Å². The lowest BCUT2D eigenvalue weighted by Gasteiger charge is -2.48. The van der Waals surface area contributed by atoms with Gasteiger partial charge in [-0.05, 0) is 69.2 Å². The van der Waals surface area contributed by atoms with Crippen LogP contribution in [0.25, 0.3) is 0 Å². The van der Waals surface area contributed by atoms with Crippen molar-refractivity contribution in [3.63, 3.8) is 0 Å². The molecule has 1 unspecified atom stereocenters. The Morgan fingerprint density at radius 3 is 2.17 bits per heavy atom. The van der Waals surface area contributed by atoms with Crippen molar-refractivity contribution < 1.29 is 9.59 Å². The number of fused-ring (bicyclic) bond motifs is 2. The van der Waals surface area contributed by atoms with E-state index in [2.05, 4.69) is 16.7 Å². The van der Waals surface area contributed by atoms with Gasteiger partial charge < -0.3 is 15.5 Å². The summed E-state index contributed by atoms with van der Waals surface area (Å²) in [6, 6.07) is 6.75. The molecular formula is C19H27N3O2. The Morgan fingerprint density at radius 2 is 1.62 bits per heavy atom. The molecule has 0 aromatic heterocycles. The number of hydrogen-bond donors (Lipinski definition) is 2. The molecule has 0 radical (unpaired) electrons. The molecule has 2 bridgehead atoms. The number of urea groups is 1. The summed E-state index contributed by atoms with van der Waals surface area (Å²) >= 11 is 0. The molecule has 5 nitrogen and oxygen atoms in total. The van der Waals surface area contributed by atoms with Crippen LogP contribution in [0.2, 0.25) is 0 Å². The number of benzene rings is 1. The lowest BCUT2D eigenvalue weighted by molar-refractivity contribution is -0.120.